The van der Waals surface area contributed by atoms with Crippen LogP contribution < -0.4 is 19.7 Å². The number of hydrogen-bond acceptors (Lipinski definition) is 7. The van der Waals surface area contributed by atoms with Crippen LogP contribution in [0.2, 0.25) is 0 Å². The van der Waals surface area contributed by atoms with Crippen LogP contribution in [0.4, 0.5) is 11.4 Å². The summed E-state index contributed by atoms with van der Waals surface area (Å²) in [5.41, 5.74) is 1.65. The number of rotatable bonds is 7. The Bertz CT molecular complexity index is 1110. The lowest BCUT2D eigenvalue weighted by Gasteiger charge is -2.27. The molecule has 0 bridgehead atoms. The minimum absolute atomic E-state index is 0.148. The van der Waals surface area contributed by atoms with Gasteiger partial charge in [0.25, 0.3) is 5.91 Å². The predicted molar refractivity (Wildman–Crippen MR) is 125 cm³/mol. The lowest BCUT2D eigenvalue weighted by atomic mass is 10.1. The number of morpholine rings is 1. The van der Waals surface area contributed by atoms with E-state index in [2.05, 4.69) is 10.2 Å². The van der Waals surface area contributed by atoms with Crippen LogP contribution in [0.1, 0.15) is 23.2 Å². The molecular weight excluding hydrogens is 446 g/mol. The summed E-state index contributed by atoms with van der Waals surface area (Å²) in [5, 5.41) is 2.92. The van der Waals surface area contributed by atoms with Crippen molar-refractivity contribution in [1.29, 1.82) is 0 Å². The van der Waals surface area contributed by atoms with Gasteiger partial charge in [-0.05, 0) is 49.2 Å². The van der Waals surface area contributed by atoms with E-state index in [1.165, 1.54) is 18.5 Å². The molecule has 2 heterocycles. The van der Waals surface area contributed by atoms with Gasteiger partial charge in [0.2, 0.25) is 10.0 Å². The molecule has 1 N–H and O–H groups in total. The number of anilines is 2. The van der Waals surface area contributed by atoms with E-state index in [4.69, 9.17) is 14.2 Å². The molecule has 178 valence electrons. The van der Waals surface area contributed by atoms with Gasteiger partial charge in [-0.25, -0.2) is 8.42 Å². The van der Waals surface area contributed by atoms with Crippen molar-refractivity contribution in [3.8, 4) is 11.5 Å². The topological polar surface area (TPSA) is 97.4 Å². The first-order chi connectivity index (χ1) is 15.9. The van der Waals surface area contributed by atoms with Crippen LogP contribution in [0.25, 0.3) is 0 Å². The fourth-order valence-corrected chi connectivity index (χ4v) is 5.55. The van der Waals surface area contributed by atoms with Crippen molar-refractivity contribution in [2.45, 2.75) is 17.7 Å². The Morgan fingerprint density at radius 1 is 0.939 bits per heavy atom. The van der Waals surface area contributed by atoms with Gasteiger partial charge in [-0.15, -0.1) is 0 Å². The maximum atomic E-state index is 13.2. The normalized spacial score (nSPS) is 17.1. The fourth-order valence-electron chi connectivity index (χ4n) is 4.12. The number of nitrogens with zero attached hydrogens (tertiary/aromatic N) is 2. The Hall–Kier alpha value is -2.82. The number of ether oxygens (including phenoxy) is 3. The van der Waals surface area contributed by atoms with E-state index in [0.717, 1.165) is 31.6 Å². The summed E-state index contributed by atoms with van der Waals surface area (Å²) in [7, 11) is -0.665. The van der Waals surface area contributed by atoms with Crippen LogP contribution in [-0.2, 0) is 14.8 Å². The predicted octanol–water partition coefficient (Wildman–Crippen LogP) is 2.58. The third-order valence-electron chi connectivity index (χ3n) is 5.92. The molecule has 0 unspecified atom stereocenters. The molecule has 10 heteroatoms. The Balaban J connectivity index is 1.67. The van der Waals surface area contributed by atoms with Crippen molar-refractivity contribution in [2.24, 2.45) is 0 Å². The molecular formula is C23H29N3O6S. The maximum Gasteiger partial charge on any atom is 0.255 e. The van der Waals surface area contributed by atoms with E-state index in [-0.39, 0.29) is 10.8 Å². The number of benzene rings is 2. The highest BCUT2D eigenvalue weighted by Gasteiger charge is 2.28. The van der Waals surface area contributed by atoms with Gasteiger partial charge in [0.1, 0.15) is 0 Å². The zero-order valence-corrected chi connectivity index (χ0v) is 19.7. The van der Waals surface area contributed by atoms with E-state index in [9.17, 15) is 13.2 Å². The standard InChI is InChI=1S/C23H29N3O6S/c1-30-21-8-5-17(15-22(21)31-2)23(27)24-19-16-18(6-7-20(19)25-9-3-4-10-25)33(28,29)26-11-13-32-14-12-26/h5-8,15-16H,3-4,9-14H2,1-2H3,(H,24,27). The molecule has 1 amide bonds. The van der Waals surface area contributed by atoms with Gasteiger partial charge in [0, 0.05) is 31.7 Å². The van der Waals surface area contributed by atoms with Crippen LogP contribution in [0.5, 0.6) is 11.5 Å². The number of amides is 1. The average Bonchev–Trinajstić information content (AvgIpc) is 3.38. The van der Waals surface area contributed by atoms with E-state index in [1.807, 2.05) is 0 Å². The molecule has 2 aromatic carbocycles. The lowest BCUT2D eigenvalue weighted by molar-refractivity contribution is 0.0730. The van der Waals surface area contributed by atoms with Crippen molar-refractivity contribution in [3.63, 3.8) is 0 Å². The summed E-state index contributed by atoms with van der Waals surface area (Å²) in [6, 6.07) is 9.84. The first-order valence-electron chi connectivity index (χ1n) is 10.9. The molecule has 0 aliphatic carbocycles. The van der Waals surface area contributed by atoms with Gasteiger partial charge in [-0.3, -0.25) is 4.79 Å². The van der Waals surface area contributed by atoms with E-state index >= 15 is 0 Å². The molecule has 9 nitrogen and oxygen atoms in total. The van der Waals surface area contributed by atoms with Gasteiger partial charge < -0.3 is 24.4 Å². The van der Waals surface area contributed by atoms with Crippen molar-refractivity contribution in [1.82, 2.24) is 4.31 Å². The molecule has 2 fully saturated rings. The van der Waals surface area contributed by atoms with Crippen molar-refractivity contribution in [3.05, 3.63) is 42.0 Å². The zero-order chi connectivity index (χ0) is 23.4. The number of sulfonamides is 1. The second-order valence-electron chi connectivity index (χ2n) is 7.91. The Kier molecular flexibility index (Phi) is 7.06. The van der Waals surface area contributed by atoms with Gasteiger partial charge in [0.15, 0.2) is 11.5 Å². The lowest BCUT2D eigenvalue weighted by Crippen LogP contribution is -2.40. The molecule has 2 aliphatic heterocycles. The molecule has 0 radical (unpaired) electrons. The SMILES string of the molecule is COc1ccc(C(=O)Nc2cc(S(=O)(=O)N3CCOCC3)ccc2N2CCCC2)cc1OC. The summed E-state index contributed by atoms with van der Waals surface area (Å²) in [6.07, 6.45) is 2.10. The largest absolute Gasteiger partial charge is 0.493 e. The van der Waals surface area contributed by atoms with Crippen LogP contribution >= 0.6 is 0 Å². The van der Waals surface area contributed by atoms with E-state index in [1.54, 1.807) is 36.4 Å². The van der Waals surface area contributed by atoms with Gasteiger partial charge >= 0.3 is 0 Å². The fraction of sp³-hybridized carbons (Fsp3) is 0.435. The Labute approximate surface area is 194 Å². The van der Waals surface area contributed by atoms with Crippen LogP contribution in [0, 0.1) is 0 Å². The number of hydrogen-bond donors (Lipinski definition) is 1. The third kappa shape index (κ3) is 4.92. The Morgan fingerprint density at radius 3 is 2.30 bits per heavy atom. The van der Waals surface area contributed by atoms with Gasteiger partial charge in [-0.1, -0.05) is 0 Å². The zero-order valence-electron chi connectivity index (χ0n) is 18.9. The van der Waals surface area contributed by atoms with Crippen LogP contribution in [0.3, 0.4) is 0 Å². The summed E-state index contributed by atoms with van der Waals surface area (Å²) >= 11 is 0. The average molecular weight is 476 g/mol. The molecule has 2 aromatic rings. The summed E-state index contributed by atoms with van der Waals surface area (Å²) < 4.78 is 43.6. The number of nitrogens with one attached hydrogen (secondary N) is 1. The highest BCUT2D eigenvalue weighted by atomic mass is 32.2. The highest BCUT2D eigenvalue weighted by Crippen LogP contribution is 2.34. The van der Waals surface area contributed by atoms with Crippen molar-refractivity contribution >= 4 is 27.3 Å². The van der Waals surface area contributed by atoms with Crippen molar-refractivity contribution < 1.29 is 27.4 Å². The minimum Gasteiger partial charge on any atom is -0.493 e. The summed E-state index contributed by atoms with van der Waals surface area (Å²) in [5.74, 6) is 0.594. The molecule has 2 aliphatic rings. The molecule has 0 aromatic heterocycles. The number of carbonyl (C=O) groups is 1. The molecule has 4 rings (SSSR count). The summed E-state index contributed by atoms with van der Waals surface area (Å²) in [4.78, 5) is 15.4. The molecule has 2 saturated heterocycles. The maximum absolute atomic E-state index is 13.2. The smallest absolute Gasteiger partial charge is 0.255 e. The molecule has 0 atom stereocenters. The van der Waals surface area contributed by atoms with Crippen LogP contribution in [-0.4, -0.2) is 72.2 Å². The second-order valence-corrected chi connectivity index (χ2v) is 9.85. The molecule has 0 spiro atoms. The first kappa shape index (κ1) is 23.3. The second kappa shape index (κ2) is 9.98. The summed E-state index contributed by atoms with van der Waals surface area (Å²) in [6.45, 7) is 3.07. The van der Waals surface area contributed by atoms with E-state index in [0.29, 0.717) is 49.1 Å². The number of methoxy groups -OCH3 is 2. The first-order valence-corrected chi connectivity index (χ1v) is 12.4. The van der Waals surface area contributed by atoms with Crippen LogP contribution in [0.15, 0.2) is 41.3 Å². The number of carbonyl (C=O) groups excluding carboxylic acids is 1. The van der Waals surface area contributed by atoms with E-state index < -0.39 is 10.0 Å². The molecule has 0 saturated carbocycles. The van der Waals surface area contributed by atoms with Crippen molar-refractivity contribution in [2.75, 3.05) is 63.8 Å². The third-order valence-corrected chi connectivity index (χ3v) is 7.81. The monoisotopic (exact) mass is 475 g/mol. The Morgan fingerprint density at radius 2 is 1.64 bits per heavy atom. The molecule has 33 heavy (non-hydrogen) atoms. The van der Waals surface area contributed by atoms with Gasteiger partial charge in [-0.2, -0.15) is 4.31 Å². The quantitative estimate of drug-likeness (QED) is 0.657. The highest BCUT2D eigenvalue weighted by molar-refractivity contribution is 7.89. The van der Waals surface area contributed by atoms with Gasteiger partial charge in [0.05, 0.1) is 43.7 Å². The minimum atomic E-state index is -3.70.